The van der Waals surface area contributed by atoms with E-state index in [0.29, 0.717) is 11.3 Å². The Hall–Kier alpha value is -3.34. The van der Waals surface area contributed by atoms with Crippen LogP contribution >= 0.6 is 0 Å². The summed E-state index contributed by atoms with van der Waals surface area (Å²) in [6.07, 6.45) is 3.99. The van der Waals surface area contributed by atoms with Gasteiger partial charge < -0.3 is 14.1 Å². The van der Waals surface area contributed by atoms with Crippen molar-refractivity contribution in [3.05, 3.63) is 77.0 Å². The van der Waals surface area contributed by atoms with E-state index < -0.39 is 0 Å². The van der Waals surface area contributed by atoms with Crippen LogP contribution in [0, 0.1) is 27.7 Å². The van der Waals surface area contributed by atoms with Gasteiger partial charge >= 0.3 is 0 Å². The Kier molecular flexibility index (Phi) is 4.07. The van der Waals surface area contributed by atoms with E-state index in [1.165, 1.54) is 0 Å². The van der Waals surface area contributed by atoms with E-state index in [1.807, 2.05) is 67.9 Å². The Bertz CT molecular complexity index is 1170. The van der Waals surface area contributed by atoms with Crippen molar-refractivity contribution in [2.24, 2.45) is 0 Å². The van der Waals surface area contributed by atoms with E-state index in [0.717, 1.165) is 39.5 Å². The zero-order valence-corrected chi connectivity index (χ0v) is 15.8. The minimum absolute atomic E-state index is 0.171. The number of aryl methyl sites for hydroxylation is 4. The van der Waals surface area contributed by atoms with Crippen molar-refractivity contribution in [3.63, 3.8) is 0 Å². The van der Waals surface area contributed by atoms with Crippen LogP contribution in [-0.4, -0.2) is 15.3 Å². The van der Waals surface area contributed by atoms with Crippen molar-refractivity contribution in [1.29, 1.82) is 0 Å². The first-order valence-electron chi connectivity index (χ1n) is 8.86. The van der Waals surface area contributed by atoms with Gasteiger partial charge in [-0.25, -0.2) is 4.98 Å². The standard InChI is InChI=1S/C22H21N3O2/c1-13-7-8-17(20-12-25-9-5-6-14(2)21(25)23-20)11-19(13)24-22(26)18-10-15(3)27-16(18)4/h5-12H,1-4H3,(H,24,26). The van der Waals surface area contributed by atoms with Crippen molar-refractivity contribution >= 4 is 17.2 Å². The molecule has 0 aliphatic heterocycles. The third-order valence-corrected chi connectivity index (χ3v) is 4.75. The minimum Gasteiger partial charge on any atom is -0.466 e. The van der Waals surface area contributed by atoms with Crippen LogP contribution in [0.25, 0.3) is 16.9 Å². The Labute approximate surface area is 157 Å². The number of amides is 1. The van der Waals surface area contributed by atoms with Crippen LogP contribution in [0.4, 0.5) is 5.69 Å². The Balaban J connectivity index is 1.69. The molecule has 1 aromatic carbocycles. The highest BCUT2D eigenvalue weighted by atomic mass is 16.3. The first-order chi connectivity index (χ1) is 12.9. The summed E-state index contributed by atoms with van der Waals surface area (Å²) >= 11 is 0. The van der Waals surface area contributed by atoms with Gasteiger partial charge in [0.15, 0.2) is 0 Å². The largest absolute Gasteiger partial charge is 0.466 e. The monoisotopic (exact) mass is 359 g/mol. The molecule has 4 rings (SSSR count). The summed E-state index contributed by atoms with van der Waals surface area (Å²) in [5, 5.41) is 3.00. The molecular weight excluding hydrogens is 338 g/mol. The fourth-order valence-corrected chi connectivity index (χ4v) is 3.25. The SMILES string of the molecule is Cc1cc(C(=O)Nc2cc(-c3cn4cccc(C)c4n3)ccc2C)c(C)o1. The zero-order chi connectivity index (χ0) is 19.1. The van der Waals surface area contributed by atoms with Gasteiger partial charge in [-0.15, -0.1) is 0 Å². The van der Waals surface area contributed by atoms with Crippen LogP contribution < -0.4 is 5.32 Å². The predicted octanol–water partition coefficient (Wildman–Crippen LogP) is 5.08. The number of carbonyl (C=O) groups is 1. The van der Waals surface area contributed by atoms with Gasteiger partial charge in [0.25, 0.3) is 5.91 Å². The number of nitrogens with one attached hydrogen (secondary N) is 1. The number of anilines is 1. The molecule has 0 bridgehead atoms. The van der Waals surface area contributed by atoms with Crippen LogP contribution in [0.2, 0.25) is 0 Å². The van der Waals surface area contributed by atoms with Crippen molar-refractivity contribution in [3.8, 4) is 11.3 Å². The maximum atomic E-state index is 12.6. The van der Waals surface area contributed by atoms with Crippen LogP contribution in [0.3, 0.4) is 0 Å². The van der Waals surface area contributed by atoms with Crippen molar-refractivity contribution in [2.45, 2.75) is 27.7 Å². The lowest BCUT2D eigenvalue weighted by atomic mass is 10.1. The van der Waals surface area contributed by atoms with E-state index in [9.17, 15) is 4.79 Å². The van der Waals surface area contributed by atoms with Gasteiger partial charge in [-0.05, 0) is 57.0 Å². The Morgan fingerprint density at radius 1 is 1.07 bits per heavy atom. The highest BCUT2D eigenvalue weighted by Crippen LogP contribution is 2.27. The van der Waals surface area contributed by atoms with Gasteiger partial charge in [-0.2, -0.15) is 0 Å². The fourth-order valence-electron chi connectivity index (χ4n) is 3.25. The van der Waals surface area contributed by atoms with Gasteiger partial charge in [0.1, 0.15) is 17.2 Å². The second kappa shape index (κ2) is 6.43. The normalized spacial score (nSPS) is 11.1. The topological polar surface area (TPSA) is 59.5 Å². The lowest BCUT2D eigenvalue weighted by Crippen LogP contribution is -2.13. The van der Waals surface area contributed by atoms with E-state index >= 15 is 0 Å². The smallest absolute Gasteiger partial charge is 0.259 e. The molecule has 0 fully saturated rings. The lowest BCUT2D eigenvalue weighted by molar-refractivity contribution is 0.102. The molecule has 4 aromatic rings. The number of fused-ring (bicyclic) bond motifs is 1. The van der Waals surface area contributed by atoms with Gasteiger partial charge in [-0.3, -0.25) is 4.79 Å². The molecule has 136 valence electrons. The summed E-state index contributed by atoms with van der Waals surface area (Å²) in [7, 11) is 0. The number of benzene rings is 1. The average Bonchev–Trinajstić information content (AvgIpc) is 3.20. The highest BCUT2D eigenvalue weighted by Gasteiger charge is 2.15. The molecule has 0 aliphatic rings. The Morgan fingerprint density at radius 2 is 1.89 bits per heavy atom. The number of hydrogen-bond acceptors (Lipinski definition) is 3. The number of imidazole rings is 1. The number of aromatic nitrogens is 2. The van der Waals surface area contributed by atoms with Gasteiger partial charge in [0, 0.05) is 23.6 Å². The molecule has 0 radical (unpaired) electrons. The summed E-state index contributed by atoms with van der Waals surface area (Å²) < 4.78 is 7.48. The molecule has 0 saturated carbocycles. The molecule has 0 saturated heterocycles. The number of pyridine rings is 1. The molecule has 0 unspecified atom stereocenters. The molecule has 3 aromatic heterocycles. The predicted molar refractivity (Wildman–Crippen MR) is 106 cm³/mol. The summed E-state index contributed by atoms with van der Waals surface area (Å²) in [5.74, 6) is 1.17. The minimum atomic E-state index is -0.171. The number of hydrogen-bond donors (Lipinski definition) is 1. The molecule has 1 amide bonds. The van der Waals surface area contributed by atoms with E-state index in [-0.39, 0.29) is 5.91 Å². The molecule has 5 heteroatoms. The summed E-state index contributed by atoms with van der Waals surface area (Å²) in [6.45, 7) is 7.65. The van der Waals surface area contributed by atoms with E-state index in [2.05, 4.69) is 5.32 Å². The van der Waals surface area contributed by atoms with Crippen molar-refractivity contribution in [1.82, 2.24) is 9.38 Å². The average molecular weight is 359 g/mol. The molecule has 3 heterocycles. The van der Waals surface area contributed by atoms with Crippen molar-refractivity contribution < 1.29 is 9.21 Å². The number of rotatable bonds is 3. The van der Waals surface area contributed by atoms with Gasteiger partial charge in [0.2, 0.25) is 0 Å². The highest BCUT2D eigenvalue weighted by molar-refractivity contribution is 6.05. The number of furan rings is 1. The molecule has 27 heavy (non-hydrogen) atoms. The summed E-state index contributed by atoms with van der Waals surface area (Å²) in [6, 6.07) is 11.8. The van der Waals surface area contributed by atoms with Crippen LogP contribution in [0.1, 0.15) is 33.0 Å². The second-order valence-electron chi connectivity index (χ2n) is 6.86. The third kappa shape index (κ3) is 3.12. The van der Waals surface area contributed by atoms with Crippen LogP contribution in [0.5, 0.6) is 0 Å². The molecular formula is C22H21N3O2. The maximum absolute atomic E-state index is 12.6. The van der Waals surface area contributed by atoms with Crippen LogP contribution in [-0.2, 0) is 0 Å². The summed E-state index contributed by atoms with van der Waals surface area (Å²) in [4.78, 5) is 17.4. The zero-order valence-electron chi connectivity index (χ0n) is 15.8. The molecule has 0 aliphatic carbocycles. The summed E-state index contributed by atoms with van der Waals surface area (Å²) in [5.41, 5.74) is 6.20. The van der Waals surface area contributed by atoms with E-state index in [4.69, 9.17) is 9.40 Å². The maximum Gasteiger partial charge on any atom is 0.259 e. The lowest BCUT2D eigenvalue weighted by Gasteiger charge is -2.09. The third-order valence-electron chi connectivity index (χ3n) is 4.75. The molecule has 1 N–H and O–H groups in total. The fraction of sp³-hybridized carbons (Fsp3) is 0.182. The number of nitrogens with zero attached hydrogens (tertiary/aromatic N) is 2. The van der Waals surface area contributed by atoms with Gasteiger partial charge in [-0.1, -0.05) is 18.2 Å². The second-order valence-corrected chi connectivity index (χ2v) is 6.86. The quantitative estimate of drug-likeness (QED) is 0.555. The Morgan fingerprint density at radius 3 is 2.59 bits per heavy atom. The van der Waals surface area contributed by atoms with Crippen LogP contribution in [0.15, 0.2) is 53.2 Å². The van der Waals surface area contributed by atoms with Gasteiger partial charge in [0.05, 0.1) is 11.3 Å². The first kappa shape index (κ1) is 17.1. The van der Waals surface area contributed by atoms with E-state index in [1.54, 1.807) is 13.0 Å². The molecule has 5 nitrogen and oxygen atoms in total. The van der Waals surface area contributed by atoms with Crippen molar-refractivity contribution in [2.75, 3.05) is 5.32 Å². The molecule has 0 atom stereocenters. The number of carbonyl (C=O) groups excluding carboxylic acids is 1. The first-order valence-corrected chi connectivity index (χ1v) is 8.86. The molecule has 0 spiro atoms.